The van der Waals surface area contributed by atoms with E-state index in [4.69, 9.17) is 9.84 Å². The minimum atomic E-state index is -0.763. The first kappa shape index (κ1) is 14.9. The first-order valence-corrected chi connectivity index (χ1v) is 6.32. The quantitative estimate of drug-likeness (QED) is 0.596. The summed E-state index contributed by atoms with van der Waals surface area (Å²) >= 11 is 0. The maximum absolute atomic E-state index is 11.8. The zero-order valence-corrected chi connectivity index (χ0v) is 10.9. The van der Waals surface area contributed by atoms with Crippen molar-refractivity contribution >= 4 is 11.9 Å². The third kappa shape index (κ3) is 5.46. The lowest BCUT2D eigenvalue weighted by Gasteiger charge is -2.16. The number of carboxylic acid groups (broad SMARTS) is 1. The number of nitrogens with one attached hydrogen (secondary N) is 1. The average Bonchev–Trinajstić information content (AvgIpc) is 2.80. The number of hydrogen-bond acceptors (Lipinski definition) is 4. The smallest absolute Gasteiger partial charge is 0.303 e. The molecule has 1 saturated heterocycles. The molecule has 0 spiro atoms. The summed E-state index contributed by atoms with van der Waals surface area (Å²) in [7, 11) is 1.62. The molecule has 18 heavy (non-hydrogen) atoms. The van der Waals surface area contributed by atoms with Crippen molar-refractivity contribution in [2.45, 2.75) is 19.3 Å². The van der Waals surface area contributed by atoms with E-state index in [1.54, 1.807) is 7.11 Å². The number of likely N-dealkylation sites (tertiary alicyclic amines) is 1. The molecule has 0 aromatic carbocycles. The highest BCUT2D eigenvalue weighted by Gasteiger charge is 2.25. The summed E-state index contributed by atoms with van der Waals surface area (Å²) in [6, 6.07) is 0. The zero-order valence-electron chi connectivity index (χ0n) is 10.9. The Bertz CT molecular complexity index is 283. The molecule has 1 aliphatic rings. The summed E-state index contributed by atoms with van der Waals surface area (Å²) in [6.07, 6.45) is 1.77. The average molecular weight is 258 g/mol. The molecular formula is C12H22N2O4. The molecule has 2 N–H and O–H groups in total. The van der Waals surface area contributed by atoms with E-state index in [9.17, 15) is 9.59 Å². The monoisotopic (exact) mass is 258 g/mol. The van der Waals surface area contributed by atoms with E-state index in [1.165, 1.54) is 0 Å². The number of ether oxygens (including phenoxy) is 1. The fourth-order valence-corrected chi connectivity index (χ4v) is 2.10. The van der Waals surface area contributed by atoms with Crippen LogP contribution in [0.3, 0.4) is 0 Å². The summed E-state index contributed by atoms with van der Waals surface area (Å²) < 4.78 is 4.88. The van der Waals surface area contributed by atoms with Gasteiger partial charge in [-0.15, -0.1) is 0 Å². The van der Waals surface area contributed by atoms with Crippen LogP contribution in [0.15, 0.2) is 0 Å². The molecule has 0 aliphatic carbocycles. The van der Waals surface area contributed by atoms with Crippen LogP contribution >= 0.6 is 0 Å². The number of carboxylic acids is 1. The standard InChI is InChI=1S/C12H22N2O4/c1-18-7-5-13-8-11(15)14-6-4-10(9-14)2-3-12(16)17/h10,13H,2-9H2,1H3,(H,16,17). The maximum atomic E-state index is 11.8. The third-order valence-electron chi connectivity index (χ3n) is 3.16. The van der Waals surface area contributed by atoms with Gasteiger partial charge in [-0.2, -0.15) is 0 Å². The lowest BCUT2D eigenvalue weighted by atomic mass is 10.0. The van der Waals surface area contributed by atoms with Gasteiger partial charge in [0.1, 0.15) is 0 Å². The topological polar surface area (TPSA) is 78.9 Å². The van der Waals surface area contributed by atoms with Gasteiger partial charge in [-0.25, -0.2) is 0 Å². The number of amides is 1. The van der Waals surface area contributed by atoms with E-state index >= 15 is 0 Å². The minimum Gasteiger partial charge on any atom is -0.481 e. The van der Waals surface area contributed by atoms with Crippen molar-refractivity contribution in [1.29, 1.82) is 0 Å². The first-order valence-electron chi connectivity index (χ1n) is 6.32. The van der Waals surface area contributed by atoms with Gasteiger partial charge in [0.05, 0.1) is 13.2 Å². The summed E-state index contributed by atoms with van der Waals surface area (Å²) in [5, 5.41) is 11.6. The molecule has 0 aromatic rings. The molecule has 1 amide bonds. The van der Waals surface area contributed by atoms with Gasteiger partial charge in [-0.05, 0) is 18.8 Å². The van der Waals surface area contributed by atoms with Crippen molar-refractivity contribution in [2.24, 2.45) is 5.92 Å². The maximum Gasteiger partial charge on any atom is 0.303 e. The highest BCUT2D eigenvalue weighted by molar-refractivity contribution is 5.78. The Kier molecular flexibility index (Phi) is 6.67. The molecule has 0 aromatic heterocycles. The molecule has 1 aliphatic heterocycles. The lowest BCUT2D eigenvalue weighted by Crippen LogP contribution is -2.37. The summed E-state index contributed by atoms with van der Waals surface area (Å²) in [4.78, 5) is 24.1. The van der Waals surface area contributed by atoms with Crippen molar-refractivity contribution in [1.82, 2.24) is 10.2 Å². The fourth-order valence-electron chi connectivity index (χ4n) is 2.10. The SMILES string of the molecule is COCCNCC(=O)N1CCC(CCC(=O)O)C1. The molecule has 1 heterocycles. The highest BCUT2D eigenvalue weighted by Crippen LogP contribution is 2.20. The van der Waals surface area contributed by atoms with Gasteiger partial charge in [0.25, 0.3) is 0 Å². The summed E-state index contributed by atoms with van der Waals surface area (Å²) in [5.41, 5.74) is 0. The second kappa shape index (κ2) is 8.05. The molecule has 6 nitrogen and oxygen atoms in total. The molecule has 104 valence electrons. The van der Waals surface area contributed by atoms with Crippen molar-refractivity contribution in [3.05, 3.63) is 0 Å². The predicted molar refractivity (Wildman–Crippen MR) is 66.3 cm³/mol. The van der Waals surface area contributed by atoms with Crippen LogP contribution in [0.4, 0.5) is 0 Å². The number of carbonyl (C=O) groups is 2. The molecule has 1 unspecified atom stereocenters. The molecule has 0 saturated carbocycles. The van der Waals surface area contributed by atoms with Gasteiger partial charge in [-0.3, -0.25) is 9.59 Å². The van der Waals surface area contributed by atoms with E-state index in [0.717, 1.165) is 13.0 Å². The molecule has 1 rings (SSSR count). The van der Waals surface area contributed by atoms with Gasteiger partial charge in [0, 0.05) is 33.2 Å². The van der Waals surface area contributed by atoms with Crippen molar-refractivity contribution < 1.29 is 19.4 Å². The lowest BCUT2D eigenvalue weighted by molar-refractivity contribution is -0.137. The number of aliphatic carboxylic acids is 1. The van der Waals surface area contributed by atoms with Crippen molar-refractivity contribution in [3.8, 4) is 0 Å². The number of hydrogen-bond donors (Lipinski definition) is 2. The van der Waals surface area contributed by atoms with E-state index in [-0.39, 0.29) is 12.3 Å². The van der Waals surface area contributed by atoms with Gasteiger partial charge in [0.15, 0.2) is 0 Å². The second-order valence-electron chi connectivity index (χ2n) is 4.60. The Hall–Kier alpha value is -1.14. The predicted octanol–water partition coefficient (Wildman–Crippen LogP) is -0.0643. The Balaban J connectivity index is 2.16. The number of rotatable bonds is 8. The van der Waals surface area contributed by atoms with Gasteiger partial charge in [-0.1, -0.05) is 0 Å². The number of carbonyl (C=O) groups excluding carboxylic acids is 1. The van der Waals surface area contributed by atoms with Crippen LogP contribution in [0, 0.1) is 5.92 Å². The van der Waals surface area contributed by atoms with Crippen molar-refractivity contribution in [3.63, 3.8) is 0 Å². The molecule has 1 fully saturated rings. The third-order valence-corrected chi connectivity index (χ3v) is 3.16. The molecule has 0 radical (unpaired) electrons. The Morgan fingerprint density at radius 1 is 1.50 bits per heavy atom. The summed E-state index contributed by atoms with van der Waals surface area (Å²) in [6.45, 7) is 3.02. The van der Waals surface area contributed by atoms with Crippen LogP contribution in [-0.4, -0.2) is 61.8 Å². The Labute approximate surface area is 107 Å². The van der Waals surface area contributed by atoms with E-state index in [0.29, 0.717) is 38.6 Å². The Morgan fingerprint density at radius 3 is 2.94 bits per heavy atom. The van der Waals surface area contributed by atoms with Crippen LogP contribution in [-0.2, 0) is 14.3 Å². The zero-order chi connectivity index (χ0) is 13.4. The van der Waals surface area contributed by atoms with Crippen LogP contribution in [0.25, 0.3) is 0 Å². The van der Waals surface area contributed by atoms with Crippen LogP contribution < -0.4 is 5.32 Å². The van der Waals surface area contributed by atoms with E-state index in [2.05, 4.69) is 5.32 Å². The van der Waals surface area contributed by atoms with Crippen LogP contribution in [0.1, 0.15) is 19.3 Å². The van der Waals surface area contributed by atoms with Gasteiger partial charge >= 0.3 is 5.97 Å². The van der Waals surface area contributed by atoms with E-state index < -0.39 is 5.97 Å². The van der Waals surface area contributed by atoms with E-state index in [1.807, 2.05) is 4.90 Å². The second-order valence-corrected chi connectivity index (χ2v) is 4.60. The van der Waals surface area contributed by atoms with Crippen molar-refractivity contribution in [2.75, 3.05) is 39.9 Å². The molecule has 0 bridgehead atoms. The van der Waals surface area contributed by atoms with Gasteiger partial charge < -0.3 is 20.1 Å². The number of nitrogens with zero attached hydrogens (tertiary/aromatic N) is 1. The molecule has 6 heteroatoms. The molecule has 1 atom stereocenters. The normalized spacial score (nSPS) is 19.2. The van der Waals surface area contributed by atoms with Gasteiger partial charge in [0.2, 0.25) is 5.91 Å². The van der Waals surface area contributed by atoms with Crippen LogP contribution in [0.2, 0.25) is 0 Å². The number of methoxy groups -OCH3 is 1. The fraction of sp³-hybridized carbons (Fsp3) is 0.833. The van der Waals surface area contributed by atoms with Crippen LogP contribution in [0.5, 0.6) is 0 Å². The first-order chi connectivity index (χ1) is 8.63. The summed E-state index contributed by atoms with van der Waals surface area (Å²) in [5.74, 6) is -0.339. The minimum absolute atomic E-state index is 0.0870. The Morgan fingerprint density at radius 2 is 2.28 bits per heavy atom. The molecular weight excluding hydrogens is 236 g/mol. The largest absolute Gasteiger partial charge is 0.481 e. The highest BCUT2D eigenvalue weighted by atomic mass is 16.5.